The van der Waals surface area contributed by atoms with E-state index in [0.29, 0.717) is 28.0 Å². The lowest BCUT2D eigenvalue weighted by Gasteiger charge is -2.18. The van der Waals surface area contributed by atoms with Gasteiger partial charge in [-0.15, -0.1) is 0 Å². The molecule has 0 spiro atoms. The standard InChI is InChI=1S/C17H18Cl2N2O2/c1-21(10-14-15(18)7-4-8-16(14)19)11-17(22)20-12-5-3-6-13(9-12)23-2/h3-9H,10-11H2,1-2H3,(H,20,22). The Labute approximate surface area is 146 Å². The summed E-state index contributed by atoms with van der Waals surface area (Å²) in [6.45, 7) is 0.711. The third-order valence-corrected chi connectivity index (χ3v) is 3.96. The zero-order valence-electron chi connectivity index (χ0n) is 13.0. The SMILES string of the molecule is COc1cccc(NC(=O)CN(C)Cc2c(Cl)cccc2Cl)c1. The lowest BCUT2D eigenvalue weighted by molar-refractivity contribution is -0.117. The van der Waals surface area contributed by atoms with Crippen LogP contribution in [0.2, 0.25) is 10.0 Å². The van der Waals surface area contributed by atoms with Crippen molar-refractivity contribution >= 4 is 34.8 Å². The van der Waals surface area contributed by atoms with Crippen LogP contribution < -0.4 is 10.1 Å². The van der Waals surface area contributed by atoms with Crippen LogP contribution >= 0.6 is 23.2 Å². The summed E-state index contributed by atoms with van der Waals surface area (Å²) in [4.78, 5) is 14.0. The summed E-state index contributed by atoms with van der Waals surface area (Å²) in [5.41, 5.74) is 1.51. The minimum Gasteiger partial charge on any atom is -0.497 e. The highest BCUT2D eigenvalue weighted by Crippen LogP contribution is 2.25. The van der Waals surface area contributed by atoms with Gasteiger partial charge in [0.25, 0.3) is 0 Å². The molecular formula is C17H18Cl2N2O2. The Morgan fingerprint density at radius 3 is 2.48 bits per heavy atom. The molecule has 2 rings (SSSR count). The molecule has 0 aliphatic carbocycles. The number of likely N-dealkylation sites (N-methyl/N-ethyl adjacent to an activating group) is 1. The average molecular weight is 353 g/mol. The van der Waals surface area contributed by atoms with Gasteiger partial charge in [-0.3, -0.25) is 9.69 Å². The Kier molecular flexibility index (Phi) is 6.28. The molecule has 122 valence electrons. The fourth-order valence-corrected chi connectivity index (χ4v) is 2.67. The van der Waals surface area contributed by atoms with E-state index < -0.39 is 0 Å². The van der Waals surface area contributed by atoms with Crippen LogP contribution in [0.1, 0.15) is 5.56 Å². The van der Waals surface area contributed by atoms with Crippen LogP contribution in [0.4, 0.5) is 5.69 Å². The first-order valence-corrected chi connectivity index (χ1v) is 7.80. The van der Waals surface area contributed by atoms with Gasteiger partial charge in [-0.2, -0.15) is 0 Å². The number of hydrogen-bond acceptors (Lipinski definition) is 3. The van der Waals surface area contributed by atoms with E-state index in [4.69, 9.17) is 27.9 Å². The summed E-state index contributed by atoms with van der Waals surface area (Å²) < 4.78 is 5.13. The zero-order valence-corrected chi connectivity index (χ0v) is 14.5. The second-order valence-electron chi connectivity index (χ2n) is 5.15. The largest absolute Gasteiger partial charge is 0.497 e. The van der Waals surface area contributed by atoms with Gasteiger partial charge in [0.15, 0.2) is 0 Å². The zero-order chi connectivity index (χ0) is 16.8. The highest BCUT2D eigenvalue weighted by atomic mass is 35.5. The number of halogens is 2. The highest BCUT2D eigenvalue weighted by Gasteiger charge is 2.12. The fourth-order valence-electron chi connectivity index (χ4n) is 2.16. The van der Waals surface area contributed by atoms with Crippen LogP contribution in [0.5, 0.6) is 5.75 Å². The van der Waals surface area contributed by atoms with Gasteiger partial charge in [-0.25, -0.2) is 0 Å². The lowest BCUT2D eigenvalue weighted by Crippen LogP contribution is -2.30. The van der Waals surface area contributed by atoms with Gasteiger partial charge in [0.1, 0.15) is 5.75 Å². The van der Waals surface area contributed by atoms with Crippen LogP contribution in [-0.2, 0) is 11.3 Å². The third kappa shape index (κ3) is 5.13. The molecule has 0 aromatic heterocycles. The molecule has 6 heteroatoms. The summed E-state index contributed by atoms with van der Waals surface area (Å²) in [5, 5.41) is 4.03. The molecule has 2 aromatic carbocycles. The van der Waals surface area contributed by atoms with Gasteiger partial charge in [0.2, 0.25) is 5.91 Å². The number of benzene rings is 2. The first-order valence-electron chi connectivity index (χ1n) is 7.05. The molecule has 0 bridgehead atoms. The van der Waals surface area contributed by atoms with E-state index in [1.54, 1.807) is 31.4 Å². The summed E-state index contributed by atoms with van der Waals surface area (Å²) in [6, 6.07) is 12.6. The molecule has 0 aliphatic rings. The summed E-state index contributed by atoms with van der Waals surface area (Å²) in [6.07, 6.45) is 0. The van der Waals surface area contributed by atoms with Gasteiger partial charge in [-0.1, -0.05) is 35.3 Å². The van der Waals surface area contributed by atoms with Gasteiger partial charge in [0, 0.05) is 33.9 Å². The van der Waals surface area contributed by atoms with E-state index in [1.165, 1.54) is 0 Å². The number of amides is 1. The number of nitrogens with zero attached hydrogens (tertiary/aromatic N) is 1. The van der Waals surface area contributed by atoms with Crippen molar-refractivity contribution in [1.82, 2.24) is 4.90 Å². The molecule has 0 saturated heterocycles. The monoisotopic (exact) mass is 352 g/mol. The van der Waals surface area contributed by atoms with Crippen molar-refractivity contribution in [3.63, 3.8) is 0 Å². The second-order valence-corrected chi connectivity index (χ2v) is 5.97. The van der Waals surface area contributed by atoms with E-state index in [-0.39, 0.29) is 12.5 Å². The van der Waals surface area contributed by atoms with Crippen LogP contribution in [-0.4, -0.2) is 31.5 Å². The van der Waals surface area contributed by atoms with E-state index in [1.807, 2.05) is 30.1 Å². The minimum absolute atomic E-state index is 0.121. The molecule has 0 atom stereocenters. The van der Waals surface area contributed by atoms with E-state index >= 15 is 0 Å². The molecule has 23 heavy (non-hydrogen) atoms. The normalized spacial score (nSPS) is 10.7. The van der Waals surface area contributed by atoms with Crippen LogP contribution in [0.25, 0.3) is 0 Å². The average Bonchev–Trinajstić information content (AvgIpc) is 2.51. The van der Waals surface area contributed by atoms with Crippen LogP contribution in [0.3, 0.4) is 0 Å². The Morgan fingerprint density at radius 2 is 1.83 bits per heavy atom. The minimum atomic E-state index is -0.121. The third-order valence-electron chi connectivity index (χ3n) is 3.26. The predicted molar refractivity (Wildman–Crippen MR) is 94.4 cm³/mol. The molecule has 0 radical (unpaired) electrons. The Balaban J connectivity index is 1.94. The fraction of sp³-hybridized carbons (Fsp3) is 0.235. The van der Waals surface area contributed by atoms with E-state index in [9.17, 15) is 4.79 Å². The molecule has 2 aromatic rings. The molecule has 0 unspecified atom stereocenters. The number of anilines is 1. The van der Waals surface area contributed by atoms with Crippen molar-refractivity contribution < 1.29 is 9.53 Å². The summed E-state index contributed by atoms with van der Waals surface area (Å²) in [5.74, 6) is 0.572. The van der Waals surface area contributed by atoms with Crippen molar-refractivity contribution in [1.29, 1.82) is 0 Å². The Morgan fingerprint density at radius 1 is 1.17 bits per heavy atom. The van der Waals surface area contributed by atoms with Gasteiger partial charge < -0.3 is 10.1 Å². The number of carbonyl (C=O) groups is 1. The first-order chi connectivity index (χ1) is 11.0. The number of hydrogen-bond donors (Lipinski definition) is 1. The van der Waals surface area contributed by atoms with Crippen molar-refractivity contribution in [2.45, 2.75) is 6.54 Å². The predicted octanol–water partition coefficient (Wildman–Crippen LogP) is 4.07. The van der Waals surface area contributed by atoms with E-state index in [2.05, 4.69) is 5.32 Å². The van der Waals surface area contributed by atoms with Gasteiger partial charge in [0.05, 0.1) is 13.7 Å². The maximum absolute atomic E-state index is 12.1. The molecule has 1 amide bonds. The summed E-state index contributed by atoms with van der Waals surface area (Å²) in [7, 11) is 3.42. The van der Waals surface area contributed by atoms with Crippen molar-refractivity contribution in [2.75, 3.05) is 26.0 Å². The molecule has 1 N–H and O–H groups in total. The van der Waals surface area contributed by atoms with Crippen molar-refractivity contribution in [3.05, 3.63) is 58.1 Å². The number of rotatable bonds is 6. The number of nitrogens with one attached hydrogen (secondary N) is 1. The van der Waals surface area contributed by atoms with E-state index in [0.717, 1.165) is 5.56 Å². The summed E-state index contributed by atoms with van der Waals surface area (Å²) >= 11 is 12.3. The second kappa shape index (κ2) is 8.20. The number of ether oxygens (including phenoxy) is 1. The van der Waals surface area contributed by atoms with Crippen molar-refractivity contribution in [3.8, 4) is 5.75 Å². The maximum atomic E-state index is 12.1. The molecule has 4 nitrogen and oxygen atoms in total. The molecular weight excluding hydrogens is 335 g/mol. The van der Waals surface area contributed by atoms with Gasteiger partial charge in [-0.05, 0) is 31.3 Å². The number of methoxy groups -OCH3 is 1. The van der Waals surface area contributed by atoms with Crippen LogP contribution in [0.15, 0.2) is 42.5 Å². The molecule has 0 fully saturated rings. The molecule has 0 saturated carbocycles. The number of carbonyl (C=O) groups excluding carboxylic acids is 1. The molecule has 0 aliphatic heterocycles. The van der Waals surface area contributed by atoms with Gasteiger partial charge >= 0.3 is 0 Å². The highest BCUT2D eigenvalue weighted by molar-refractivity contribution is 6.35. The van der Waals surface area contributed by atoms with Crippen LogP contribution in [0, 0.1) is 0 Å². The Bertz CT molecular complexity index is 672. The quantitative estimate of drug-likeness (QED) is 0.851. The van der Waals surface area contributed by atoms with Crippen molar-refractivity contribution in [2.24, 2.45) is 0 Å². The smallest absolute Gasteiger partial charge is 0.238 e. The maximum Gasteiger partial charge on any atom is 0.238 e. The topological polar surface area (TPSA) is 41.6 Å². The Hall–Kier alpha value is -1.75. The first kappa shape index (κ1) is 17.6. The lowest BCUT2D eigenvalue weighted by atomic mass is 10.2. The molecule has 0 heterocycles.